The van der Waals surface area contributed by atoms with E-state index in [1.165, 1.54) is 7.11 Å². The van der Waals surface area contributed by atoms with Crippen LogP contribution in [-0.4, -0.2) is 44.4 Å². The first-order valence-electron chi connectivity index (χ1n) is 5.53. The predicted octanol–water partition coefficient (Wildman–Crippen LogP) is -0.189. The summed E-state index contributed by atoms with van der Waals surface area (Å²) in [5.41, 5.74) is 12.5. The van der Waals surface area contributed by atoms with Crippen LogP contribution < -0.4 is 16.4 Å². The van der Waals surface area contributed by atoms with E-state index in [0.717, 1.165) is 0 Å². The summed E-state index contributed by atoms with van der Waals surface area (Å²) >= 11 is 0. The van der Waals surface area contributed by atoms with Crippen molar-refractivity contribution in [1.82, 2.24) is 0 Å². The molecule has 0 aliphatic carbocycles. The van der Waals surface area contributed by atoms with E-state index in [2.05, 4.69) is 0 Å². The molecule has 18 heavy (non-hydrogen) atoms. The Morgan fingerprint density at radius 1 is 1.56 bits per heavy atom. The number of ether oxygens (including phenoxy) is 1. The number of likely N-dealkylation sites (N-methyl/N-ethyl adjacent to an activating group) is 1. The van der Waals surface area contributed by atoms with Crippen LogP contribution in [0, 0.1) is 0 Å². The van der Waals surface area contributed by atoms with Crippen molar-refractivity contribution in [3.63, 3.8) is 0 Å². The van der Waals surface area contributed by atoms with E-state index in [-0.39, 0.29) is 6.61 Å². The molecule has 0 radical (unpaired) electrons. The van der Waals surface area contributed by atoms with Crippen molar-refractivity contribution < 1.29 is 14.6 Å². The van der Waals surface area contributed by atoms with E-state index in [9.17, 15) is 9.90 Å². The number of carbonyl (C=O) groups excluding carboxylic acids is 1. The molecular formula is C12H19N3O3. The second-order valence-electron chi connectivity index (χ2n) is 4.10. The third kappa shape index (κ3) is 3.35. The van der Waals surface area contributed by atoms with E-state index in [1.54, 1.807) is 30.1 Å². The lowest BCUT2D eigenvalue weighted by Gasteiger charge is -2.25. The number of benzene rings is 1. The zero-order valence-electron chi connectivity index (χ0n) is 10.6. The van der Waals surface area contributed by atoms with Crippen molar-refractivity contribution in [3.05, 3.63) is 23.8 Å². The molecule has 5 N–H and O–H groups in total. The zero-order valence-corrected chi connectivity index (χ0v) is 10.6. The maximum absolute atomic E-state index is 11.3. The van der Waals surface area contributed by atoms with Gasteiger partial charge in [0.25, 0.3) is 5.91 Å². The minimum atomic E-state index is -0.666. The molecule has 0 aromatic heterocycles. The summed E-state index contributed by atoms with van der Waals surface area (Å²) in [7, 11) is 3.24. The summed E-state index contributed by atoms with van der Waals surface area (Å²) in [5.74, 6) is -0.551. The van der Waals surface area contributed by atoms with Crippen LogP contribution in [0.15, 0.2) is 18.2 Å². The Labute approximate surface area is 106 Å². The second kappa shape index (κ2) is 6.23. The number of carbonyl (C=O) groups is 1. The van der Waals surface area contributed by atoms with Gasteiger partial charge >= 0.3 is 0 Å². The lowest BCUT2D eigenvalue weighted by Crippen LogP contribution is -2.33. The highest BCUT2D eigenvalue weighted by Gasteiger charge is 2.17. The summed E-state index contributed by atoms with van der Waals surface area (Å²) in [5, 5.41) is 9.68. The number of amides is 1. The highest BCUT2D eigenvalue weighted by molar-refractivity contribution is 6.01. The minimum absolute atomic E-state index is 0.211. The molecule has 1 unspecified atom stereocenters. The summed E-state index contributed by atoms with van der Waals surface area (Å²) in [6.45, 7) is 0.505. The maximum Gasteiger partial charge on any atom is 0.250 e. The second-order valence-corrected chi connectivity index (χ2v) is 4.10. The number of nitrogens with two attached hydrogens (primary N) is 2. The average Bonchev–Trinajstić information content (AvgIpc) is 2.28. The molecule has 100 valence electrons. The molecule has 0 heterocycles. The van der Waals surface area contributed by atoms with Gasteiger partial charge in [0, 0.05) is 20.7 Å². The molecule has 0 aliphatic rings. The van der Waals surface area contributed by atoms with Gasteiger partial charge in [-0.25, -0.2) is 0 Å². The van der Waals surface area contributed by atoms with Crippen molar-refractivity contribution in [2.45, 2.75) is 6.10 Å². The zero-order chi connectivity index (χ0) is 13.7. The fourth-order valence-electron chi connectivity index (χ4n) is 1.84. The molecule has 6 nitrogen and oxygen atoms in total. The van der Waals surface area contributed by atoms with Crippen molar-refractivity contribution in [1.29, 1.82) is 0 Å². The van der Waals surface area contributed by atoms with Gasteiger partial charge in [-0.1, -0.05) is 6.07 Å². The number of hydrogen-bond acceptors (Lipinski definition) is 5. The van der Waals surface area contributed by atoms with Crippen LogP contribution in [-0.2, 0) is 4.74 Å². The van der Waals surface area contributed by atoms with Gasteiger partial charge in [0.2, 0.25) is 0 Å². The Bertz CT molecular complexity index is 423. The van der Waals surface area contributed by atoms with Crippen molar-refractivity contribution in [3.8, 4) is 0 Å². The highest BCUT2D eigenvalue weighted by Crippen LogP contribution is 2.26. The van der Waals surface area contributed by atoms with Crippen LogP contribution in [0.1, 0.15) is 10.4 Å². The molecule has 1 amide bonds. The predicted molar refractivity (Wildman–Crippen MR) is 70.5 cm³/mol. The standard InChI is InChI=1S/C12H19N3O3/c1-15(6-8(16)7-18-2)11-9(12(14)17)4-3-5-10(11)13/h3-5,8,16H,6-7,13H2,1-2H3,(H2,14,17). The molecule has 0 fully saturated rings. The van der Waals surface area contributed by atoms with Gasteiger partial charge in [-0.05, 0) is 12.1 Å². The fourth-order valence-corrected chi connectivity index (χ4v) is 1.84. The Morgan fingerprint density at radius 2 is 2.22 bits per heavy atom. The lowest BCUT2D eigenvalue weighted by atomic mass is 10.1. The summed E-state index contributed by atoms with van der Waals surface area (Å²) in [4.78, 5) is 13.0. The average molecular weight is 253 g/mol. The molecule has 0 saturated heterocycles. The van der Waals surface area contributed by atoms with E-state index in [1.807, 2.05) is 0 Å². The topological polar surface area (TPSA) is 102 Å². The smallest absolute Gasteiger partial charge is 0.250 e. The molecule has 0 bridgehead atoms. The summed E-state index contributed by atoms with van der Waals surface area (Å²) in [6.07, 6.45) is -0.666. The highest BCUT2D eigenvalue weighted by atomic mass is 16.5. The number of aliphatic hydroxyl groups excluding tert-OH is 1. The Kier molecular flexibility index (Phi) is 4.94. The van der Waals surface area contributed by atoms with Crippen LogP contribution in [0.2, 0.25) is 0 Å². The van der Waals surface area contributed by atoms with Gasteiger partial charge in [0.15, 0.2) is 0 Å². The molecule has 1 aromatic rings. The van der Waals surface area contributed by atoms with Crippen LogP contribution >= 0.6 is 0 Å². The third-order valence-corrected chi connectivity index (χ3v) is 2.56. The molecule has 0 spiro atoms. The van der Waals surface area contributed by atoms with E-state index >= 15 is 0 Å². The number of primary amides is 1. The number of para-hydroxylation sites is 1. The Balaban J connectivity index is 2.97. The Morgan fingerprint density at radius 3 is 2.78 bits per heavy atom. The monoisotopic (exact) mass is 253 g/mol. The van der Waals surface area contributed by atoms with Gasteiger partial charge < -0.3 is 26.2 Å². The number of rotatable bonds is 6. The van der Waals surface area contributed by atoms with Gasteiger partial charge in [-0.2, -0.15) is 0 Å². The van der Waals surface area contributed by atoms with Gasteiger partial charge in [-0.3, -0.25) is 4.79 Å². The van der Waals surface area contributed by atoms with E-state index < -0.39 is 12.0 Å². The van der Waals surface area contributed by atoms with Gasteiger partial charge in [0.05, 0.1) is 29.6 Å². The first-order valence-corrected chi connectivity index (χ1v) is 5.53. The van der Waals surface area contributed by atoms with Crippen LogP contribution in [0.5, 0.6) is 0 Å². The van der Waals surface area contributed by atoms with E-state index in [4.69, 9.17) is 16.2 Å². The van der Waals surface area contributed by atoms with Gasteiger partial charge in [0.1, 0.15) is 0 Å². The lowest BCUT2D eigenvalue weighted by molar-refractivity contribution is 0.0694. The number of hydrogen-bond donors (Lipinski definition) is 3. The van der Waals surface area contributed by atoms with Crippen LogP contribution in [0.4, 0.5) is 11.4 Å². The Hall–Kier alpha value is -1.79. The summed E-state index contributed by atoms with van der Waals surface area (Å²) < 4.78 is 4.85. The van der Waals surface area contributed by atoms with Gasteiger partial charge in [-0.15, -0.1) is 0 Å². The molecule has 1 aromatic carbocycles. The van der Waals surface area contributed by atoms with Crippen molar-refractivity contribution in [2.75, 3.05) is 37.9 Å². The first kappa shape index (κ1) is 14.3. The maximum atomic E-state index is 11.3. The first-order chi connectivity index (χ1) is 8.47. The number of aliphatic hydroxyl groups is 1. The quantitative estimate of drug-likeness (QED) is 0.610. The summed E-state index contributed by atoms with van der Waals surface area (Å²) in [6, 6.07) is 4.95. The third-order valence-electron chi connectivity index (χ3n) is 2.56. The number of anilines is 2. The van der Waals surface area contributed by atoms with Crippen molar-refractivity contribution in [2.24, 2.45) is 5.73 Å². The van der Waals surface area contributed by atoms with Crippen LogP contribution in [0.3, 0.4) is 0 Å². The SMILES string of the molecule is COCC(O)CN(C)c1c(N)cccc1C(N)=O. The molecule has 6 heteroatoms. The largest absolute Gasteiger partial charge is 0.397 e. The molecular weight excluding hydrogens is 234 g/mol. The van der Waals surface area contributed by atoms with Crippen molar-refractivity contribution >= 4 is 17.3 Å². The number of methoxy groups -OCH3 is 1. The minimum Gasteiger partial charge on any atom is -0.397 e. The molecule has 0 aliphatic heterocycles. The number of nitrogen functional groups attached to an aromatic ring is 1. The molecule has 1 rings (SSSR count). The number of nitrogens with zero attached hydrogens (tertiary/aromatic N) is 1. The molecule has 1 atom stereocenters. The van der Waals surface area contributed by atoms with E-state index in [0.29, 0.717) is 23.5 Å². The fraction of sp³-hybridized carbons (Fsp3) is 0.417. The van der Waals surface area contributed by atoms with Crippen LogP contribution in [0.25, 0.3) is 0 Å². The molecule has 0 saturated carbocycles. The normalized spacial score (nSPS) is 12.2.